The predicted octanol–water partition coefficient (Wildman–Crippen LogP) is 5.30. The van der Waals surface area contributed by atoms with E-state index in [2.05, 4.69) is 36.4 Å². The molecule has 3 heterocycles. The molecule has 1 aliphatic rings. The highest BCUT2D eigenvalue weighted by atomic mass is 16.7. The quantitative estimate of drug-likeness (QED) is 0.386. The Morgan fingerprint density at radius 3 is 2.46 bits per heavy atom. The summed E-state index contributed by atoms with van der Waals surface area (Å²) < 4.78 is 7.12. The number of fused-ring (bicyclic) bond motifs is 1. The summed E-state index contributed by atoms with van der Waals surface area (Å²) in [6.45, 7) is 10.9. The van der Waals surface area contributed by atoms with Crippen molar-refractivity contribution in [2.45, 2.75) is 33.1 Å². The van der Waals surface area contributed by atoms with Crippen molar-refractivity contribution in [3.63, 3.8) is 0 Å². The Labute approximate surface area is 216 Å². The van der Waals surface area contributed by atoms with Crippen molar-refractivity contribution in [1.82, 2.24) is 19.8 Å². The van der Waals surface area contributed by atoms with Crippen LogP contribution in [0.5, 0.6) is 5.75 Å². The molecule has 2 amide bonds. The molecule has 192 valence electrons. The summed E-state index contributed by atoms with van der Waals surface area (Å²) in [6, 6.07) is 17.0. The van der Waals surface area contributed by atoms with Gasteiger partial charge in [-0.05, 0) is 31.2 Å². The van der Waals surface area contributed by atoms with Gasteiger partial charge in [0.15, 0.2) is 5.75 Å². The number of anilines is 2. The van der Waals surface area contributed by atoms with E-state index in [0.29, 0.717) is 37.8 Å². The number of pyridine rings is 1. The fourth-order valence-corrected chi connectivity index (χ4v) is 4.13. The lowest BCUT2D eigenvalue weighted by molar-refractivity contribution is -0.117. The minimum absolute atomic E-state index is 0.192. The maximum atomic E-state index is 13.2. The Balaban J connectivity index is 1.40. The van der Waals surface area contributed by atoms with Gasteiger partial charge in [0.05, 0.1) is 49.6 Å². The molecule has 0 atom stereocenters. The number of urea groups is 1. The molecule has 1 aliphatic heterocycles. The number of benzene rings is 2. The average molecular weight is 501 g/mol. The molecule has 0 saturated carbocycles. The van der Waals surface area contributed by atoms with Crippen LogP contribution in [-0.4, -0.2) is 52.2 Å². The number of amides is 2. The number of carbonyl (C=O) groups excluding carboxylic acids is 1. The van der Waals surface area contributed by atoms with E-state index in [9.17, 15) is 4.79 Å². The van der Waals surface area contributed by atoms with Crippen molar-refractivity contribution >= 4 is 28.3 Å². The van der Waals surface area contributed by atoms with Crippen molar-refractivity contribution in [3.8, 4) is 11.4 Å². The second-order valence-electron chi connectivity index (χ2n) is 10.1. The van der Waals surface area contributed by atoms with Crippen molar-refractivity contribution in [3.05, 3.63) is 72.2 Å². The van der Waals surface area contributed by atoms with Gasteiger partial charge in [0.2, 0.25) is 0 Å². The zero-order chi connectivity index (χ0) is 26.0. The van der Waals surface area contributed by atoms with Crippen LogP contribution in [0, 0.1) is 6.92 Å². The Morgan fingerprint density at radius 1 is 1.00 bits per heavy atom. The lowest BCUT2D eigenvalue weighted by Crippen LogP contribution is -2.38. The molecule has 2 N–H and O–H groups in total. The van der Waals surface area contributed by atoms with E-state index >= 15 is 0 Å². The van der Waals surface area contributed by atoms with Gasteiger partial charge in [-0.1, -0.05) is 45.0 Å². The van der Waals surface area contributed by atoms with E-state index in [4.69, 9.17) is 14.7 Å². The minimum Gasteiger partial charge on any atom is -0.405 e. The van der Waals surface area contributed by atoms with Crippen LogP contribution in [0.4, 0.5) is 16.3 Å². The molecule has 2 aromatic heterocycles. The zero-order valence-corrected chi connectivity index (χ0v) is 21.6. The number of nitrogens with zero attached hydrogens (tertiary/aromatic N) is 4. The van der Waals surface area contributed by atoms with Crippen LogP contribution in [0.15, 0.2) is 60.8 Å². The first-order valence-electron chi connectivity index (χ1n) is 12.4. The van der Waals surface area contributed by atoms with Crippen molar-refractivity contribution in [2.24, 2.45) is 0 Å². The minimum atomic E-state index is -0.367. The lowest BCUT2D eigenvalue weighted by atomic mass is 9.92. The third-order valence-electron chi connectivity index (χ3n) is 6.19. The zero-order valence-electron chi connectivity index (χ0n) is 21.6. The highest BCUT2D eigenvalue weighted by Crippen LogP contribution is 2.33. The van der Waals surface area contributed by atoms with E-state index in [-0.39, 0.29) is 11.4 Å². The van der Waals surface area contributed by atoms with E-state index in [0.717, 1.165) is 33.6 Å². The largest absolute Gasteiger partial charge is 0.405 e. The van der Waals surface area contributed by atoms with E-state index in [1.54, 1.807) is 10.9 Å². The van der Waals surface area contributed by atoms with Gasteiger partial charge in [-0.15, -0.1) is 5.06 Å². The molecular weight excluding hydrogens is 468 g/mol. The highest BCUT2D eigenvalue weighted by Gasteiger charge is 2.22. The second kappa shape index (κ2) is 10.2. The first kappa shape index (κ1) is 24.7. The highest BCUT2D eigenvalue weighted by molar-refractivity contribution is 6.07. The molecule has 0 bridgehead atoms. The maximum absolute atomic E-state index is 13.2. The van der Waals surface area contributed by atoms with Crippen molar-refractivity contribution in [2.75, 3.05) is 36.9 Å². The topological polar surface area (TPSA) is 93.5 Å². The summed E-state index contributed by atoms with van der Waals surface area (Å²) in [7, 11) is 0. The van der Waals surface area contributed by atoms with Gasteiger partial charge in [0.25, 0.3) is 0 Å². The molecule has 2 aromatic carbocycles. The number of ether oxygens (including phenoxy) is 1. The molecule has 0 unspecified atom stereocenters. The molecule has 4 aromatic rings. The Bertz CT molecular complexity index is 1400. The molecule has 0 spiro atoms. The van der Waals surface area contributed by atoms with E-state index in [1.165, 1.54) is 0 Å². The molecule has 9 nitrogen and oxygen atoms in total. The lowest BCUT2D eigenvalue weighted by Gasteiger charge is -2.27. The molecule has 9 heteroatoms. The van der Waals surface area contributed by atoms with Crippen LogP contribution in [0.3, 0.4) is 0 Å². The first-order valence-corrected chi connectivity index (χ1v) is 12.4. The number of aryl methyl sites for hydroxylation is 1. The fraction of sp³-hybridized carbons (Fsp3) is 0.321. The van der Waals surface area contributed by atoms with Gasteiger partial charge in [-0.2, -0.15) is 5.10 Å². The molecule has 1 saturated heterocycles. The fourth-order valence-electron chi connectivity index (χ4n) is 4.13. The Kier molecular flexibility index (Phi) is 6.82. The van der Waals surface area contributed by atoms with Crippen LogP contribution in [0.2, 0.25) is 0 Å². The molecular formula is C28H32N6O3. The number of morpholine rings is 1. The van der Waals surface area contributed by atoms with Gasteiger partial charge in [0, 0.05) is 27.9 Å². The SMILES string of the molecule is Cc1ccc(-n2nc(C(C)(C)C)cc2NC(=O)Nc2ccc(ON3CCOCC3)c3ccccc23)cn1. The smallest absolute Gasteiger partial charge is 0.324 e. The average Bonchev–Trinajstić information content (AvgIpc) is 3.31. The standard InChI is InChI=1S/C28H32N6O3/c1-19-9-10-20(18-29-19)34-26(17-25(32-34)28(2,3)4)31-27(35)30-23-11-12-24(22-8-6-5-7-21(22)23)37-33-13-15-36-16-14-33/h5-12,17-18H,13-16H2,1-4H3,(H2,30,31,35). The summed E-state index contributed by atoms with van der Waals surface area (Å²) in [6.07, 6.45) is 1.75. The third kappa shape index (κ3) is 5.58. The number of aromatic nitrogens is 3. The number of hydroxylamine groups is 2. The van der Waals surface area contributed by atoms with Crippen molar-refractivity contribution < 1.29 is 14.4 Å². The molecule has 0 radical (unpaired) electrons. The summed E-state index contributed by atoms with van der Waals surface area (Å²) in [4.78, 5) is 23.7. The number of hydrogen-bond donors (Lipinski definition) is 2. The first-order chi connectivity index (χ1) is 17.8. The number of nitrogens with one attached hydrogen (secondary N) is 2. The van der Waals surface area contributed by atoms with Crippen LogP contribution in [0.25, 0.3) is 16.5 Å². The number of hydrogen-bond acceptors (Lipinski definition) is 6. The summed E-state index contributed by atoms with van der Waals surface area (Å²) in [5.74, 6) is 1.30. The van der Waals surface area contributed by atoms with Gasteiger partial charge in [-0.3, -0.25) is 10.3 Å². The second-order valence-corrected chi connectivity index (χ2v) is 10.1. The molecule has 0 aliphatic carbocycles. The van der Waals surface area contributed by atoms with Crippen molar-refractivity contribution in [1.29, 1.82) is 0 Å². The van der Waals surface area contributed by atoms with Crippen LogP contribution in [0.1, 0.15) is 32.2 Å². The predicted molar refractivity (Wildman–Crippen MR) is 144 cm³/mol. The molecule has 1 fully saturated rings. The third-order valence-corrected chi connectivity index (χ3v) is 6.19. The number of carbonyl (C=O) groups is 1. The summed E-state index contributed by atoms with van der Waals surface area (Å²) >= 11 is 0. The van der Waals surface area contributed by atoms with Gasteiger partial charge >= 0.3 is 6.03 Å². The molecule has 37 heavy (non-hydrogen) atoms. The van der Waals surface area contributed by atoms with Gasteiger partial charge in [-0.25, -0.2) is 9.48 Å². The summed E-state index contributed by atoms with van der Waals surface area (Å²) in [5, 5.41) is 14.4. The van der Waals surface area contributed by atoms with E-state index in [1.807, 2.05) is 66.6 Å². The molecule has 5 rings (SSSR count). The van der Waals surface area contributed by atoms with Gasteiger partial charge < -0.3 is 14.9 Å². The maximum Gasteiger partial charge on any atom is 0.324 e. The van der Waals surface area contributed by atoms with Crippen LogP contribution in [-0.2, 0) is 10.2 Å². The van der Waals surface area contributed by atoms with E-state index < -0.39 is 0 Å². The monoisotopic (exact) mass is 500 g/mol. The normalized spacial score (nSPS) is 14.5. The Morgan fingerprint density at radius 2 is 1.76 bits per heavy atom. The van der Waals surface area contributed by atoms with Crippen LogP contribution < -0.4 is 15.5 Å². The Hall–Kier alpha value is -3.95. The van der Waals surface area contributed by atoms with Gasteiger partial charge in [0.1, 0.15) is 5.82 Å². The van der Waals surface area contributed by atoms with Crippen LogP contribution >= 0.6 is 0 Å². The number of rotatable bonds is 5. The summed E-state index contributed by atoms with van der Waals surface area (Å²) in [5.41, 5.74) is 3.03.